The second-order valence-electron chi connectivity index (χ2n) is 18.4. The minimum Gasteiger partial charge on any atom is -0.481 e. The van der Waals surface area contributed by atoms with Crippen LogP contribution in [-0.4, -0.2) is 107 Å². The highest BCUT2D eigenvalue weighted by atomic mass is 16.7. The van der Waals surface area contributed by atoms with Gasteiger partial charge in [-0.25, -0.2) is 0 Å². The SMILES string of the molecule is CO[C@@H]1C[C@@H](C[C@H]2CC[C@H](C)[C@H]([C@@H](C)C(=O)O)O2)O[C@]2(O[C@](C)([C@@H]3CC[C@@](C)([C@@H]4O[C@@H]([C@H]5O[C@@](O)(CO)[C@H](C)C[C@@H]5C)C[C@@H]4C)O3)C[C@H]2C)[C@@H]1C. The molecule has 6 heterocycles. The van der Waals surface area contributed by atoms with E-state index in [1.54, 1.807) is 14.0 Å². The van der Waals surface area contributed by atoms with Crippen molar-refractivity contribution in [3.8, 4) is 0 Å². The number of hydrogen-bond donors (Lipinski definition) is 3. The number of carbonyl (C=O) groups is 1. The van der Waals surface area contributed by atoms with Gasteiger partial charge in [0.2, 0.25) is 0 Å². The third kappa shape index (κ3) is 7.19. The van der Waals surface area contributed by atoms with E-state index in [1.807, 2.05) is 6.92 Å². The van der Waals surface area contributed by atoms with Crippen molar-refractivity contribution < 1.29 is 53.3 Å². The van der Waals surface area contributed by atoms with Crippen LogP contribution in [0.3, 0.4) is 0 Å². The van der Waals surface area contributed by atoms with E-state index in [4.69, 9.17) is 33.2 Å². The van der Waals surface area contributed by atoms with Gasteiger partial charge in [-0.15, -0.1) is 0 Å². The maximum Gasteiger partial charge on any atom is 0.308 e. The van der Waals surface area contributed by atoms with Gasteiger partial charge >= 0.3 is 5.97 Å². The molecular weight excluding hydrogens is 656 g/mol. The highest BCUT2D eigenvalue weighted by Crippen LogP contribution is 2.57. The summed E-state index contributed by atoms with van der Waals surface area (Å²) in [5, 5.41) is 30.7. The molecule has 6 aliphatic heterocycles. The summed E-state index contributed by atoms with van der Waals surface area (Å²) < 4.78 is 47.0. The molecule has 0 unspecified atom stereocenters. The Labute approximate surface area is 305 Å². The number of aliphatic hydroxyl groups excluding tert-OH is 1. The number of hydrogen-bond acceptors (Lipinski definition) is 10. The average molecular weight is 725 g/mol. The van der Waals surface area contributed by atoms with Crippen molar-refractivity contribution in [2.45, 2.75) is 192 Å². The van der Waals surface area contributed by atoms with Crippen LogP contribution >= 0.6 is 0 Å². The Balaban J connectivity index is 1.13. The van der Waals surface area contributed by atoms with Crippen molar-refractivity contribution in [1.82, 2.24) is 0 Å². The lowest BCUT2D eigenvalue weighted by molar-refractivity contribution is -0.353. The zero-order valence-electron chi connectivity index (χ0n) is 32.8. The van der Waals surface area contributed by atoms with Gasteiger partial charge in [0.15, 0.2) is 11.6 Å². The van der Waals surface area contributed by atoms with Gasteiger partial charge < -0.3 is 48.5 Å². The molecule has 0 aromatic carbocycles. The summed E-state index contributed by atoms with van der Waals surface area (Å²) in [5.74, 6) is -3.26. The molecule has 0 aromatic rings. The van der Waals surface area contributed by atoms with E-state index >= 15 is 0 Å². The van der Waals surface area contributed by atoms with Crippen LogP contribution in [0.4, 0.5) is 0 Å². The number of aliphatic hydroxyl groups is 2. The third-order valence-corrected chi connectivity index (χ3v) is 14.4. The zero-order valence-corrected chi connectivity index (χ0v) is 32.8. The lowest BCUT2D eigenvalue weighted by atomic mass is 9.78. The van der Waals surface area contributed by atoms with Crippen LogP contribution in [0.2, 0.25) is 0 Å². The molecule has 51 heavy (non-hydrogen) atoms. The van der Waals surface area contributed by atoms with Gasteiger partial charge in [-0.2, -0.15) is 0 Å². The fourth-order valence-electron chi connectivity index (χ4n) is 11.3. The first-order valence-corrected chi connectivity index (χ1v) is 20.0. The largest absolute Gasteiger partial charge is 0.481 e. The van der Waals surface area contributed by atoms with Crippen molar-refractivity contribution in [3.63, 3.8) is 0 Å². The number of carboxylic acids is 1. The highest BCUT2D eigenvalue weighted by molar-refractivity contribution is 5.70. The topological polar surface area (TPSA) is 142 Å². The zero-order chi connectivity index (χ0) is 37.3. The molecule has 0 saturated carbocycles. The fraction of sp³-hybridized carbons (Fsp3) is 0.975. The molecule has 3 N–H and O–H groups in total. The molecule has 0 bridgehead atoms. The summed E-state index contributed by atoms with van der Waals surface area (Å²) in [5.41, 5.74) is -1.10. The van der Waals surface area contributed by atoms with Crippen LogP contribution in [0, 0.1) is 41.4 Å². The van der Waals surface area contributed by atoms with E-state index in [0.717, 1.165) is 51.4 Å². The Hall–Kier alpha value is -0.890. The summed E-state index contributed by atoms with van der Waals surface area (Å²) in [4.78, 5) is 11.8. The molecule has 6 saturated heterocycles. The predicted molar refractivity (Wildman–Crippen MR) is 189 cm³/mol. The molecule has 11 nitrogen and oxygen atoms in total. The van der Waals surface area contributed by atoms with Crippen LogP contribution in [0.25, 0.3) is 0 Å². The van der Waals surface area contributed by atoms with Crippen LogP contribution in [-0.2, 0) is 38.0 Å². The van der Waals surface area contributed by atoms with E-state index in [9.17, 15) is 20.1 Å². The molecule has 0 radical (unpaired) electrons. The molecule has 0 aliphatic carbocycles. The Morgan fingerprint density at radius 3 is 2.25 bits per heavy atom. The molecule has 0 aromatic heterocycles. The summed E-state index contributed by atoms with van der Waals surface area (Å²) in [7, 11) is 1.77. The fourth-order valence-corrected chi connectivity index (χ4v) is 11.3. The van der Waals surface area contributed by atoms with Gasteiger partial charge in [-0.1, -0.05) is 41.5 Å². The van der Waals surface area contributed by atoms with E-state index < -0.39 is 41.3 Å². The molecular formula is C40H68O11. The quantitative estimate of drug-likeness (QED) is 0.269. The first-order valence-electron chi connectivity index (χ1n) is 20.0. The highest BCUT2D eigenvalue weighted by Gasteiger charge is 2.65. The second kappa shape index (κ2) is 14.6. The van der Waals surface area contributed by atoms with Gasteiger partial charge in [-0.05, 0) is 83.5 Å². The number of rotatable bonds is 9. The molecule has 6 fully saturated rings. The molecule has 6 aliphatic rings. The minimum absolute atomic E-state index is 0.00727. The standard InChI is InChI=1S/C40H68O11/c1-21-11-12-28(46-33(21)26(6)36(42)43)17-29-18-30(45-10)27(7)40(48-29)25(5)19-38(9,51-40)32-13-14-37(8,49-32)35-23(3)16-31(47-35)34-22(2)15-24(4)39(44,20-41)50-34/h21-35,41,44H,11-20H2,1-10H3,(H,42,43)/t21-,22-,23-,24+,25+,26+,27+,28+,29+,30+,31+,32-,33+,34-,35+,37-,38-,39-,40+/m0/s1. The van der Waals surface area contributed by atoms with Gasteiger partial charge in [0.05, 0.1) is 72.6 Å². The number of aliphatic carboxylic acids is 1. The van der Waals surface area contributed by atoms with E-state index in [2.05, 4.69) is 48.5 Å². The van der Waals surface area contributed by atoms with E-state index in [1.165, 1.54) is 0 Å². The summed E-state index contributed by atoms with van der Waals surface area (Å²) in [6, 6.07) is 0. The molecule has 6 rings (SSSR count). The van der Waals surface area contributed by atoms with Gasteiger partial charge in [0, 0.05) is 37.7 Å². The van der Waals surface area contributed by atoms with E-state index in [-0.39, 0.29) is 84.3 Å². The van der Waals surface area contributed by atoms with Crippen LogP contribution in [0.5, 0.6) is 0 Å². The van der Waals surface area contributed by atoms with Gasteiger partial charge in [-0.3, -0.25) is 4.79 Å². The van der Waals surface area contributed by atoms with Crippen molar-refractivity contribution in [3.05, 3.63) is 0 Å². The smallest absolute Gasteiger partial charge is 0.308 e. The van der Waals surface area contributed by atoms with Crippen LogP contribution in [0.15, 0.2) is 0 Å². The van der Waals surface area contributed by atoms with Crippen molar-refractivity contribution in [1.29, 1.82) is 0 Å². The molecule has 0 amide bonds. The van der Waals surface area contributed by atoms with Crippen LogP contribution < -0.4 is 0 Å². The van der Waals surface area contributed by atoms with Gasteiger partial charge in [0.25, 0.3) is 0 Å². The molecule has 1 spiro atoms. The maximum atomic E-state index is 11.8. The summed E-state index contributed by atoms with van der Waals surface area (Å²) >= 11 is 0. The minimum atomic E-state index is -1.55. The Morgan fingerprint density at radius 2 is 1.59 bits per heavy atom. The molecule has 11 heteroatoms. The molecule has 294 valence electrons. The summed E-state index contributed by atoms with van der Waals surface area (Å²) in [6.07, 6.45) is 5.85. The lowest BCUT2D eigenvalue weighted by Gasteiger charge is -2.50. The Morgan fingerprint density at radius 1 is 0.863 bits per heavy atom. The normalized spacial score (nSPS) is 54.2. The average Bonchev–Trinajstić information content (AvgIpc) is 3.75. The van der Waals surface area contributed by atoms with E-state index in [0.29, 0.717) is 6.42 Å². The van der Waals surface area contributed by atoms with Crippen LogP contribution in [0.1, 0.15) is 120 Å². The predicted octanol–water partition coefficient (Wildman–Crippen LogP) is 5.71. The van der Waals surface area contributed by atoms with Crippen molar-refractivity contribution in [2.75, 3.05) is 13.7 Å². The molecule has 19 atom stereocenters. The van der Waals surface area contributed by atoms with Crippen molar-refractivity contribution in [2.24, 2.45) is 41.4 Å². The first-order chi connectivity index (χ1) is 23.9. The number of ether oxygens (including phenoxy) is 7. The lowest BCUT2D eigenvalue weighted by Crippen LogP contribution is -2.58. The monoisotopic (exact) mass is 724 g/mol. The maximum absolute atomic E-state index is 11.8. The Kier molecular flexibility index (Phi) is 11.4. The Bertz CT molecular complexity index is 1230. The second-order valence-corrected chi connectivity index (χ2v) is 18.4. The summed E-state index contributed by atoms with van der Waals surface area (Å²) in [6.45, 7) is 18.4. The third-order valence-electron chi connectivity index (χ3n) is 14.4. The first kappa shape index (κ1) is 39.8. The van der Waals surface area contributed by atoms with Gasteiger partial charge in [0.1, 0.15) is 0 Å². The number of carboxylic acid groups (broad SMARTS) is 1. The van der Waals surface area contributed by atoms with Crippen molar-refractivity contribution >= 4 is 5.97 Å². The number of methoxy groups -OCH3 is 1.